The highest BCUT2D eigenvalue weighted by Crippen LogP contribution is 2.42. The number of nitrogens with zero attached hydrogens (tertiary/aromatic N) is 2. The number of aliphatic imine (C=N–C) groups is 2. The number of hydrogen-bond acceptors (Lipinski definition) is 2. The molecule has 5 rings (SSSR count). The summed E-state index contributed by atoms with van der Waals surface area (Å²) in [5, 5.41) is 1.01. The maximum Gasteiger partial charge on any atom is 0.101 e. The smallest absolute Gasteiger partial charge is 0.101 e. The van der Waals surface area contributed by atoms with E-state index in [4.69, 9.17) is 33.2 Å². The van der Waals surface area contributed by atoms with Crippen molar-refractivity contribution < 1.29 is 0 Å². The standard InChI is InChI=1S/C31H25BrCl2N2/c1-18(2)20-14-8-15-21(19(3)32)28(20)35-29-24-12-6-4-10-22(24)23-11-5-7-13-25(23)30(29)36-31-26(33)16-9-17-27(31)34/h4-19H,1-3H3. The lowest BCUT2D eigenvalue weighted by Crippen LogP contribution is -2.23. The summed E-state index contributed by atoms with van der Waals surface area (Å²) in [7, 11) is 0. The molecule has 0 bridgehead atoms. The minimum absolute atomic E-state index is 0.139. The summed E-state index contributed by atoms with van der Waals surface area (Å²) in [6, 6.07) is 28.5. The second-order valence-electron chi connectivity index (χ2n) is 9.14. The molecule has 0 N–H and O–H groups in total. The average Bonchev–Trinajstić information content (AvgIpc) is 2.87. The first-order valence-electron chi connectivity index (χ1n) is 11.9. The predicted molar refractivity (Wildman–Crippen MR) is 159 cm³/mol. The highest BCUT2D eigenvalue weighted by atomic mass is 79.9. The molecule has 5 heteroatoms. The van der Waals surface area contributed by atoms with Gasteiger partial charge in [-0.2, -0.15) is 0 Å². The van der Waals surface area contributed by atoms with Crippen molar-refractivity contribution >= 4 is 61.9 Å². The van der Waals surface area contributed by atoms with Gasteiger partial charge in [-0.05, 0) is 47.2 Å². The molecule has 0 radical (unpaired) electrons. The predicted octanol–water partition coefficient (Wildman–Crippen LogP) is 10.5. The minimum atomic E-state index is 0.139. The van der Waals surface area contributed by atoms with Crippen molar-refractivity contribution in [2.75, 3.05) is 0 Å². The minimum Gasteiger partial charge on any atom is -0.245 e. The van der Waals surface area contributed by atoms with Gasteiger partial charge in [0.2, 0.25) is 0 Å². The number of para-hydroxylation sites is 2. The van der Waals surface area contributed by atoms with Crippen molar-refractivity contribution in [3.05, 3.63) is 117 Å². The second kappa shape index (κ2) is 10.3. The molecule has 0 aliphatic heterocycles. The Morgan fingerprint density at radius 2 is 1.00 bits per heavy atom. The van der Waals surface area contributed by atoms with Gasteiger partial charge in [-0.1, -0.05) is 126 Å². The molecular weight excluding hydrogens is 551 g/mol. The van der Waals surface area contributed by atoms with Crippen molar-refractivity contribution in [1.82, 2.24) is 0 Å². The van der Waals surface area contributed by atoms with Gasteiger partial charge in [0, 0.05) is 16.0 Å². The van der Waals surface area contributed by atoms with E-state index in [1.54, 1.807) is 0 Å². The number of rotatable bonds is 4. The number of alkyl halides is 1. The molecule has 0 heterocycles. The van der Waals surface area contributed by atoms with Gasteiger partial charge in [0.15, 0.2) is 0 Å². The summed E-state index contributed by atoms with van der Waals surface area (Å²) in [5.74, 6) is 0.306. The van der Waals surface area contributed by atoms with E-state index in [2.05, 4.69) is 91.3 Å². The summed E-state index contributed by atoms with van der Waals surface area (Å²) in [4.78, 5) is 10.6. The molecule has 4 aromatic rings. The number of benzene rings is 4. The Labute approximate surface area is 230 Å². The van der Waals surface area contributed by atoms with Crippen molar-refractivity contribution in [3.8, 4) is 11.1 Å². The van der Waals surface area contributed by atoms with Crippen LogP contribution in [0, 0.1) is 0 Å². The first-order chi connectivity index (χ1) is 17.4. The maximum absolute atomic E-state index is 6.58. The highest BCUT2D eigenvalue weighted by Gasteiger charge is 2.28. The van der Waals surface area contributed by atoms with Gasteiger partial charge in [-0.15, -0.1) is 0 Å². The average molecular weight is 576 g/mol. The van der Waals surface area contributed by atoms with E-state index < -0.39 is 0 Å². The maximum atomic E-state index is 6.58. The van der Waals surface area contributed by atoms with Crippen LogP contribution in [0.25, 0.3) is 11.1 Å². The lowest BCUT2D eigenvalue weighted by Gasteiger charge is -2.25. The summed E-state index contributed by atoms with van der Waals surface area (Å²) < 4.78 is 0. The van der Waals surface area contributed by atoms with Crippen LogP contribution in [0.2, 0.25) is 10.0 Å². The zero-order valence-corrected chi connectivity index (χ0v) is 23.4. The zero-order chi connectivity index (χ0) is 25.4. The quantitative estimate of drug-likeness (QED) is 0.216. The first kappa shape index (κ1) is 25.0. The fourth-order valence-corrected chi connectivity index (χ4v) is 5.50. The van der Waals surface area contributed by atoms with Gasteiger partial charge in [0.1, 0.15) is 5.69 Å². The van der Waals surface area contributed by atoms with E-state index in [1.165, 1.54) is 5.56 Å². The largest absolute Gasteiger partial charge is 0.245 e. The van der Waals surface area contributed by atoms with Gasteiger partial charge in [-0.3, -0.25) is 0 Å². The van der Waals surface area contributed by atoms with Crippen molar-refractivity contribution in [1.29, 1.82) is 0 Å². The van der Waals surface area contributed by atoms with Crippen LogP contribution >= 0.6 is 39.1 Å². The lowest BCUT2D eigenvalue weighted by molar-refractivity contribution is 0.862. The third-order valence-corrected chi connectivity index (χ3v) is 7.52. The third kappa shape index (κ3) is 4.56. The molecule has 2 nitrogen and oxygen atoms in total. The Morgan fingerprint density at radius 3 is 1.50 bits per heavy atom. The van der Waals surface area contributed by atoms with E-state index in [1.807, 2.05) is 30.3 Å². The second-order valence-corrected chi connectivity index (χ2v) is 11.3. The molecule has 36 heavy (non-hydrogen) atoms. The van der Waals surface area contributed by atoms with Crippen LogP contribution in [0.4, 0.5) is 11.4 Å². The summed E-state index contributed by atoms with van der Waals surface area (Å²) in [6.07, 6.45) is 0. The molecule has 1 atom stereocenters. The van der Waals surface area contributed by atoms with Crippen LogP contribution in [-0.4, -0.2) is 11.4 Å². The van der Waals surface area contributed by atoms with Gasteiger partial charge >= 0.3 is 0 Å². The van der Waals surface area contributed by atoms with Crippen LogP contribution in [0.3, 0.4) is 0 Å². The molecule has 180 valence electrons. The molecule has 1 aliphatic carbocycles. The molecule has 1 unspecified atom stereocenters. The molecule has 0 amide bonds. The van der Waals surface area contributed by atoms with Crippen LogP contribution < -0.4 is 0 Å². The van der Waals surface area contributed by atoms with E-state index in [9.17, 15) is 0 Å². The molecule has 0 saturated carbocycles. The summed E-state index contributed by atoms with van der Waals surface area (Å²) in [5.41, 5.74) is 9.69. The Morgan fingerprint density at radius 1 is 0.556 bits per heavy atom. The van der Waals surface area contributed by atoms with Gasteiger partial charge in [0.25, 0.3) is 0 Å². The lowest BCUT2D eigenvalue weighted by atomic mass is 9.82. The van der Waals surface area contributed by atoms with Gasteiger partial charge < -0.3 is 0 Å². The Bertz CT molecular complexity index is 1470. The SMILES string of the molecule is CC(C)c1cccc(C(C)Br)c1N=C1C(=Nc2c(Cl)cccc2Cl)c2ccccc2-c2ccccc21. The zero-order valence-electron chi connectivity index (χ0n) is 20.3. The van der Waals surface area contributed by atoms with Crippen molar-refractivity contribution in [3.63, 3.8) is 0 Å². The summed E-state index contributed by atoms with van der Waals surface area (Å²) in [6.45, 7) is 6.53. The van der Waals surface area contributed by atoms with Crippen LogP contribution in [0.5, 0.6) is 0 Å². The Kier molecular flexibility index (Phi) is 7.16. The molecule has 0 aromatic heterocycles. The normalized spacial score (nSPS) is 15.8. The topological polar surface area (TPSA) is 24.7 Å². The Hall–Kier alpha value is -2.72. The Balaban J connectivity index is 1.89. The molecule has 0 spiro atoms. The number of halogens is 3. The molecule has 0 fully saturated rings. The van der Waals surface area contributed by atoms with Gasteiger partial charge in [-0.25, -0.2) is 9.98 Å². The van der Waals surface area contributed by atoms with Crippen LogP contribution in [-0.2, 0) is 0 Å². The monoisotopic (exact) mass is 574 g/mol. The van der Waals surface area contributed by atoms with Crippen molar-refractivity contribution in [2.24, 2.45) is 9.98 Å². The molecular formula is C31H25BrCl2N2. The molecule has 4 aromatic carbocycles. The van der Waals surface area contributed by atoms with Crippen molar-refractivity contribution in [2.45, 2.75) is 31.5 Å². The van der Waals surface area contributed by atoms with E-state index in [0.29, 0.717) is 21.7 Å². The highest BCUT2D eigenvalue weighted by molar-refractivity contribution is 9.09. The molecule has 1 aliphatic rings. The summed E-state index contributed by atoms with van der Waals surface area (Å²) >= 11 is 17.0. The third-order valence-electron chi connectivity index (χ3n) is 6.41. The fourth-order valence-electron chi connectivity index (χ4n) is 4.65. The van der Waals surface area contributed by atoms with Crippen LogP contribution in [0.1, 0.15) is 53.8 Å². The van der Waals surface area contributed by atoms with E-state index in [-0.39, 0.29) is 4.83 Å². The van der Waals surface area contributed by atoms with Gasteiger partial charge in [0.05, 0.1) is 27.2 Å². The number of hydrogen-bond donors (Lipinski definition) is 0. The van der Waals surface area contributed by atoms with Crippen LogP contribution in [0.15, 0.2) is 94.9 Å². The first-order valence-corrected chi connectivity index (χ1v) is 13.6. The molecule has 0 saturated heterocycles. The fraction of sp³-hybridized carbons (Fsp3) is 0.161. The number of fused-ring (bicyclic) bond motifs is 3. The van der Waals surface area contributed by atoms with E-state index >= 15 is 0 Å². The van der Waals surface area contributed by atoms with E-state index in [0.717, 1.165) is 44.9 Å².